The summed E-state index contributed by atoms with van der Waals surface area (Å²) in [5.74, 6) is 3.20. The van der Waals surface area contributed by atoms with Crippen LogP contribution in [0.5, 0.6) is 0 Å². The van der Waals surface area contributed by atoms with Crippen LogP contribution >= 0.6 is 0 Å². The fourth-order valence-corrected chi connectivity index (χ4v) is 8.39. The number of piperidine rings is 2. The van der Waals surface area contributed by atoms with Gasteiger partial charge in [0.15, 0.2) is 0 Å². The van der Waals surface area contributed by atoms with E-state index in [9.17, 15) is 4.79 Å². The number of carbonyl (C=O) groups is 1. The topological polar surface area (TPSA) is 23.6 Å². The lowest BCUT2D eigenvalue weighted by Gasteiger charge is -2.53. The van der Waals surface area contributed by atoms with E-state index in [0.717, 1.165) is 30.7 Å². The van der Waals surface area contributed by atoms with Crippen molar-refractivity contribution in [3.05, 3.63) is 11.6 Å². The Balaban J connectivity index is 1.47. The minimum Gasteiger partial charge on any atom is -0.299 e. The first-order valence-electron chi connectivity index (χ1n) is 15.0. The normalized spacial score (nSPS) is 40.0. The quantitative estimate of drug-likeness (QED) is 0.384. The molecule has 186 valence electrons. The van der Waals surface area contributed by atoms with Crippen molar-refractivity contribution < 1.29 is 4.79 Å². The first-order chi connectivity index (χ1) is 16.3. The summed E-state index contributed by atoms with van der Waals surface area (Å²) in [7, 11) is 0. The largest absolute Gasteiger partial charge is 0.299 e. The van der Waals surface area contributed by atoms with Crippen LogP contribution in [-0.4, -0.2) is 54.3 Å². The summed E-state index contributed by atoms with van der Waals surface area (Å²) in [6.07, 6.45) is 25.4. The monoisotopic (exact) mass is 454 g/mol. The van der Waals surface area contributed by atoms with Crippen molar-refractivity contribution in [2.45, 2.75) is 115 Å². The van der Waals surface area contributed by atoms with Gasteiger partial charge in [-0.1, -0.05) is 75.9 Å². The minimum atomic E-state index is 0.330. The first kappa shape index (κ1) is 24.0. The van der Waals surface area contributed by atoms with Crippen LogP contribution in [0.3, 0.4) is 0 Å². The summed E-state index contributed by atoms with van der Waals surface area (Å²) in [6, 6.07) is 0.549. The fraction of sp³-hybridized carbons (Fsp3) is 0.900. The summed E-state index contributed by atoms with van der Waals surface area (Å²) in [5, 5.41) is 0. The molecule has 5 rings (SSSR count). The minimum absolute atomic E-state index is 0.330. The van der Waals surface area contributed by atoms with Gasteiger partial charge in [0.25, 0.3) is 0 Å². The number of rotatable bonds is 0. The third kappa shape index (κ3) is 5.95. The molecule has 4 aliphatic heterocycles. The zero-order valence-corrected chi connectivity index (χ0v) is 21.3. The molecule has 0 saturated carbocycles. The van der Waals surface area contributed by atoms with E-state index in [2.05, 4.69) is 15.9 Å². The molecule has 6 unspecified atom stereocenters. The molecular formula is C30H50N2O. The lowest BCUT2D eigenvalue weighted by Crippen LogP contribution is -2.59. The van der Waals surface area contributed by atoms with E-state index in [-0.39, 0.29) is 0 Å². The molecule has 33 heavy (non-hydrogen) atoms. The Hall–Kier alpha value is -0.670. The van der Waals surface area contributed by atoms with E-state index in [1.807, 2.05) is 0 Å². The number of hydrogen-bond acceptors (Lipinski definition) is 3. The van der Waals surface area contributed by atoms with Gasteiger partial charge in [-0.05, 0) is 69.4 Å². The van der Waals surface area contributed by atoms with Crippen LogP contribution in [0.15, 0.2) is 11.6 Å². The highest BCUT2D eigenvalue weighted by atomic mass is 16.1. The number of fused-ring (bicyclic) bond motifs is 1. The predicted octanol–water partition coefficient (Wildman–Crippen LogP) is 6.62. The van der Waals surface area contributed by atoms with Crippen molar-refractivity contribution in [3.63, 3.8) is 0 Å². The van der Waals surface area contributed by atoms with Crippen LogP contribution in [0.2, 0.25) is 0 Å². The Morgan fingerprint density at radius 1 is 0.667 bits per heavy atom. The molecule has 0 aromatic rings. The summed E-state index contributed by atoms with van der Waals surface area (Å²) < 4.78 is 0. The van der Waals surface area contributed by atoms with E-state index in [4.69, 9.17) is 0 Å². The molecule has 3 nitrogen and oxygen atoms in total. The molecule has 6 bridgehead atoms. The van der Waals surface area contributed by atoms with E-state index in [1.165, 1.54) is 129 Å². The number of hydrogen-bond donors (Lipinski definition) is 0. The average Bonchev–Trinajstić information content (AvgIpc) is 2.82. The van der Waals surface area contributed by atoms with Gasteiger partial charge in [-0.25, -0.2) is 0 Å². The van der Waals surface area contributed by atoms with Crippen molar-refractivity contribution in [3.8, 4) is 0 Å². The number of ketones is 1. The summed E-state index contributed by atoms with van der Waals surface area (Å²) in [4.78, 5) is 18.9. The molecule has 0 N–H and O–H groups in total. The molecule has 0 amide bonds. The molecule has 3 fully saturated rings. The second kappa shape index (κ2) is 11.8. The third-order valence-corrected chi connectivity index (χ3v) is 10.1. The molecule has 6 atom stereocenters. The van der Waals surface area contributed by atoms with Crippen molar-refractivity contribution in [1.29, 1.82) is 0 Å². The van der Waals surface area contributed by atoms with Crippen LogP contribution < -0.4 is 0 Å². The molecule has 4 heterocycles. The Morgan fingerprint density at radius 3 is 2.24 bits per heavy atom. The first-order valence-corrected chi connectivity index (χ1v) is 15.0. The Morgan fingerprint density at radius 2 is 1.39 bits per heavy atom. The van der Waals surface area contributed by atoms with E-state index in [0.29, 0.717) is 17.7 Å². The summed E-state index contributed by atoms with van der Waals surface area (Å²) >= 11 is 0. The zero-order chi connectivity index (χ0) is 22.5. The SMILES string of the molecule is O=C1CCN2CCC3C4C=C5CCCCCCCC1C2C3CCCCCCCCCN(C5)C4. The van der Waals surface area contributed by atoms with Gasteiger partial charge in [0, 0.05) is 38.0 Å². The van der Waals surface area contributed by atoms with Crippen LogP contribution in [0.1, 0.15) is 109 Å². The summed E-state index contributed by atoms with van der Waals surface area (Å²) in [6.45, 7) is 6.12. The number of nitrogens with zero attached hydrogens (tertiary/aromatic N) is 2. The molecule has 0 spiro atoms. The smallest absolute Gasteiger partial charge is 0.138 e. The summed E-state index contributed by atoms with van der Waals surface area (Å²) in [5.41, 5.74) is 1.76. The predicted molar refractivity (Wildman–Crippen MR) is 137 cm³/mol. The van der Waals surface area contributed by atoms with E-state index < -0.39 is 0 Å². The zero-order valence-electron chi connectivity index (χ0n) is 21.3. The molecule has 3 heteroatoms. The van der Waals surface area contributed by atoms with Gasteiger partial charge in [0.1, 0.15) is 5.78 Å². The Bertz CT molecular complexity index is 672. The van der Waals surface area contributed by atoms with Crippen molar-refractivity contribution in [1.82, 2.24) is 9.80 Å². The third-order valence-electron chi connectivity index (χ3n) is 10.1. The van der Waals surface area contributed by atoms with Gasteiger partial charge in [-0.2, -0.15) is 0 Å². The molecule has 5 aliphatic rings. The van der Waals surface area contributed by atoms with Gasteiger partial charge < -0.3 is 0 Å². The second-order valence-corrected chi connectivity index (χ2v) is 12.3. The second-order valence-electron chi connectivity index (χ2n) is 12.3. The number of Topliss-reactive ketones (excluding diaryl/α,β-unsaturated/α-hetero) is 1. The van der Waals surface area contributed by atoms with Gasteiger partial charge >= 0.3 is 0 Å². The Labute approximate surface area is 203 Å². The highest BCUT2D eigenvalue weighted by molar-refractivity contribution is 5.82. The maximum Gasteiger partial charge on any atom is 0.138 e. The maximum absolute atomic E-state index is 13.3. The average molecular weight is 455 g/mol. The van der Waals surface area contributed by atoms with Crippen molar-refractivity contribution in [2.24, 2.45) is 23.7 Å². The lowest BCUT2D eigenvalue weighted by atomic mass is 9.64. The highest BCUT2D eigenvalue weighted by Crippen LogP contribution is 2.45. The Kier molecular flexibility index (Phi) is 8.63. The van der Waals surface area contributed by atoms with E-state index in [1.54, 1.807) is 5.57 Å². The maximum atomic E-state index is 13.3. The van der Waals surface area contributed by atoms with Crippen LogP contribution in [0, 0.1) is 23.7 Å². The molecule has 0 aromatic carbocycles. The molecule has 0 aromatic heterocycles. The van der Waals surface area contributed by atoms with Crippen molar-refractivity contribution in [2.75, 3.05) is 32.7 Å². The molecular weight excluding hydrogens is 404 g/mol. The van der Waals surface area contributed by atoms with Gasteiger partial charge in [0.2, 0.25) is 0 Å². The van der Waals surface area contributed by atoms with Gasteiger partial charge in [0.05, 0.1) is 0 Å². The van der Waals surface area contributed by atoms with Gasteiger partial charge in [-0.15, -0.1) is 0 Å². The van der Waals surface area contributed by atoms with Crippen LogP contribution in [-0.2, 0) is 4.79 Å². The van der Waals surface area contributed by atoms with E-state index >= 15 is 0 Å². The molecule has 3 saturated heterocycles. The highest BCUT2D eigenvalue weighted by Gasteiger charge is 2.48. The standard InChI is InChI=1S/C30H50N2O/c33-29-17-20-32-19-16-26-25-21-24-13-9-5-4-7-11-15-28(29)30(32)27(26)14-10-6-2-1-3-8-12-18-31(22-24)23-25/h21,25-28,30H,1-20,22-23H2. The molecule has 1 aliphatic carbocycles. The fourth-order valence-electron chi connectivity index (χ4n) is 8.39. The van der Waals surface area contributed by atoms with Gasteiger partial charge in [-0.3, -0.25) is 14.6 Å². The van der Waals surface area contributed by atoms with Crippen LogP contribution in [0.4, 0.5) is 0 Å². The van der Waals surface area contributed by atoms with Crippen molar-refractivity contribution >= 4 is 5.78 Å². The van der Waals surface area contributed by atoms with Crippen LogP contribution in [0.25, 0.3) is 0 Å². The molecule has 0 radical (unpaired) electrons. The lowest BCUT2D eigenvalue weighted by molar-refractivity contribution is -0.135. The number of carbonyl (C=O) groups excluding carboxylic acids is 1.